The molecule has 12 heavy (non-hydrogen) atoms. The molecule has 0 aliphatic rings. The van der Waals surface area contributed by atoms with E-state index in [1.807, 2.05) is 0 Å². The van der Waals surface area contributed by atoms with E-state index in [9.17, 15) is 0 Å². The summed E-state index contributed by atoms with van der Waals surface area (Å²) in [7, 11) is 0. The van der Waals surface area contributed by atoms with Gasteiger partial charge in [-0.3, -0.25) is 0 Å². The van der Waals surface area contributed by atoms with Crippen molar-refractivity contribution in [1.82, 2.24) is 0 Å². The molecule has 0 radical (unpaired) electrons. The quantitative estimate of drug-likeness (QED) is 0.658. The summed E-state index contributed by atoms with van der Waals surface area (Å²) in [5, 5.41) is 0.374. The van der Waals surface area contributed by atoms with Gasteiger partial charge in [0.05, 0.1) is 4.87 Å². The Morgan fingerprint density at radius 2 is 1.92 bits per heavy atom. The van der Waals surface area contributed by atoms with Crippen LogP contribution in [0.1, 0.15) is 6.42 Å². The van der Waals surface area contributed by atoms with Crippen LogP contribution in [0, 0.1) is 0 Å². The number of halogens is 6. The molecule has 0 nitrogen and oxygen atoms in total. The average molecular weight is 291 g/mol. The number of alkyl halides is 4. The third-order valence-electron chi connectivity index (χ3n) is 1.19. The zero-order valence-corrected chi connectivity index (χ0v) is 10.4. The van der Waals surface area contributed by atoms with Gasteiger partial charge in [0.25, 0.3) is 0 Å². The molecule has 0 bridgehead atoms. The first-order chi connectivity index (χ1) is 5.46. The van der Waals surface area contributed by atoms with Crippen molar-refractivity contribution in [2.24, 2.45) is 0 Å². The summed E-state index contributed by atoms with van der Waals surface area (Å²) in [5.41, 5.74) is 1.21. The fraction of sp³-hybridized carbons (Fsp3) is 0.667. The van der Waals surface area contributed by atoms with Crippen LogP contribution in [0.3, 0.4) is 0 Å². The molecule has 0 aromatic rings. The number of allylic oxidation sites excluding steroid dienone is 1. The zero-order valence-electron chi connectivity index (χ0n) is 5.84. The van der Waals surface area contributed by atoms with E-state index in [4.69, 9.17) is 69.6 Å². The molecule has 0 amide bonds. The van der Waals surface area contributed by atoms with Gasteiger partial charge in [0.15, 0.2) is 0 Å². The molecular weight excluding hydrogens is 285 g/mol. The summed E-state index contributed by atoms with van der Waals surface area (Å²) in [5.74, 6) is 0.104. The van der Waals surface area contributed by atoms with E-state index >= 15 is 0 Å². The van der Waals surface area contributed by atoms with E-state index in [2.05, 4.69) is 0 Å². The smallest absolute Gasteiger partial charge is 0.125 e. The fourth-order valence-corrected chi connectivity index (χ4v) is 1.75. The van der Waals surface area contributed by atoms with Gasteiger partial charge in [0.1, 0.15) is 4.84 Å². The van der Waals surface area contributed by atoms with Crippen LogP contribution in [0.25, 0.3) is 0 Å². The van der Waals surface area contributed by atoms with Crippen LogP contribution in [-0.4, -0.2) is 15.6 Å². The van der Waals surface area contributed by atoms with Crippen LogP contribution >= 0.6 is 69.6 Å². The first kappa shape index (κ1) is 13.5. The molecule has 0 N–H and O–H groups in total. The minimum Gasteiger partial charge on any atom is -0.125 e. The molecule has 0 aliphatic carbocycles. The van der Waals surface area contributed by atoms with Crippen molar-refractivity contribution in [2.75, 3.05) is 5.88 Å². The van der Waals surface area contributed by atoms with E-state index in [0.29, 0.717) is 5.03 Å². The minimum atomic E-state index is -0.951. The Balaban J connectivity index is 4.34. The van der Waals surface area contributed by atoms with Crippen molar-refractivity contribution < 1.29 is 0 Å². The van der Waals surface area contributed by atoms with Crippen molar-refractivity contribution in [3.63, 3.8) is 0 Å². The Morgan fingerprint density at radius 1 is 1.42 bits per heavy atom. The molecule has 72 valence electrons. The molecular formula is C6H6Cl6. The van der Waals surface area contributed by atoms with Crippen LogP contribution in [0.15, 0.2) is 10.6 Å². The topological polar surface area (TPSA) is 0 Å². The normalized spacial score (nSPS) is 18.1. The summed E-state index contributed by atoms with van der Waals surface area (Å²) in [6, 6.07) is 0. The Kier molecular flexibility index (Phi) is 6.80. The Hall–Kier alpha value is 1.48. The zero-order chi connectivity index (χ0) is 9.78. The van der Waals surface area contributed by atoms with Crippen LogP contribution < -0.4 is 0 Å². The second-order valence-corrected chi connectivity index (χ2v) is 5.02. The molecule has 6 heteroatoms. The van der Waals surface area contributed by atoms with Gasteiger partial charge in [-0.25, -0.2) is 0 Å². The summed E-state index contributed by atoms with van der Waals surface area (Å²) < 4.78 is 0. The molecule has 0 fully saturated rings. The molecule has 0 aliphatic heterocycles. The van der Waals surface area contributed by atoms with Crippen molar-refractivity contribution in [1.29, 1.82) is 0 Å². The summed E-state index contributed by atoms with van der Waals surface area (Å²) in [6.07, 6.45) is 0.251. The SMILES string of the molecule is Cl/C=C(/Cl)CC(Cl)(CCl)C(Cl)Cl. The van der Waals surface area contributed by atoms with Gasteiger partial charge in [-0.05, 0) is 0 Å². The summed E-state index contributed by atoms with van der Waals surface area (Å²) >= 11 is 33.7. The molecule has 0 saturated carbocycles. The highest BCUT2D eigenvalue weighted by atomic mass is 35.5. The minimum absolute atomic E-state index is 0.104. The maximum atomic E-state index is 5.95. The van der Waals surface area contributed by atoms with Gasteiger partial charge in [-0.1, -0.05) is 23.2 Å². The molecule has 0 saturated heterocycles. The Labute approximate surface area is 102 Å². The lowest BCUT2D eigenvalue weighted by Gasteiger charge is -2.24. The van der Waals surface area contributed by atoms with Crippen molar-refractivity contribution in [2.45, 2.75) is 16.1 Å². The Morgan fingerprint density at radius 3 is 2.17 bits per heavy atom. The third-order valence-corrected chi connectivity index (χ3v) is 3.97. The first-order valence-corrected chi connectivity index (χ1v) is 5.54. The lowest BCUT2D eigenvalue weighted by molar-refractivity contribution is 0.689. The number of hydrogen-bond acceptors (Lipinski definition) is 0. The van der Waals surface area contributed by atoms with Gasteiger partial charge in [0, 0.05) is 22.9 Å². The van der Waals surface area contributed by atoms with Gasteiger partial charge in [-0.2, -0.15) is 0 Å². The first-order valence-electron chi connectivity index (χ1n) is 2.94. The monoisotopic (exact) mass is 288 g/mol. The second-order valence-electron chi connectivity index (χ2n) is 2.20. The number of rotatable bonds is 4. The van der Waals surface area contributed by atoms with Crippen molar-refractivity contribution >= 4 is 69.6 Å². The predicted molar refractivity (Wildman–Crippen MR) is 59.2 cm³/mol. The highest BCUT2D eigenvalue weighted by molar-refractivity contribution is 6.51. The summed E-state index contributed by atoms with van der Waals surface area (Å²) in [6.45, 7) is 0. The molecule has 0 aromatic carbocycles. The van der Waals surface area contributed by atoms with Crippen LogP contribution in [0.2, 0.25) is 0 Å². The van der Waals surface area contributed by atoms with Crippen LogP contribution in [0.4, 0.5) is 0 Å². The van der Waals surface area contributed by atoms with E-state index < -0.39 is 9.71 Å². The summed E-state index contributed by atoms with van der Waals surface area (Å²) in [4.78, 5) is -1.74. The molecule has 1 unspecified atom stereocenters. The Bertz CT molecular complexity index is 165. The van der Waals surface area contributed by atoms with Crippen molar-refractivity contribution in [3.8, 4) is 0 Å². The van der Waals surface area contributed by atoms with E-state index in [0.717, 1.165) is 0 Å². The predicted octanol–water partition coefficient (Wildman–Crippen LogP) is 4.72. The largest absolute Gasteiger partial charge is 0.128 e. The third kappa shape index (κ3) is 4.13. The van der Waals surface area contributed by atoms with Crippen LogP contribution in [0.5, 0.6) is 0 Å². The van der Waals surface area contributed by atoms with Gasteiger partial charge < -0.3 is 0 Å². The lowest BCUT2D eigenvalue weighted by Crippen LogP contribution is -2.31. The van der Waals surface area contributed by atoms with Gasteiger partial charge >= 0.3 is 0 Å². The van der Waals surface area contributed by atoms with Crippen molar-refractivity contribution in [3.05, 3.63) is 10.6 Å². The van der Waals surface area contributed by atoms with Crippen LogP contribution in [-0.2, 0) is 0 Å². The lowest BCUT2D eigenvalue weighted by atomic mass is 10.1. The highest BCUT2D eigenvalue weighted by Crippen LogP contribution is 2.36. The molecule has 0 spiro atoms. The number of hydrogen-bond donors (Lipinski definition) is 0. The molecule has 1 atom stereocenters. The van der Waals surface area contributed by atoms with Gasteiger partial charge in [-0.15, -0.1) is 46.4 Å². The van der Waals surface area contributed by atoms with E-state index in [1.165, 1.54) is 5.54 Å². The van der Waals surface area contributed by atoms with E-state index in [1.54, 1.807) is 0 Å². The second kappa shape index (κ2) is 6.06. The van der Waals surface area contributed by atoms with Gasteiger partial charge in [0.2, 0.25) is 0 Å². The van der Waals surface area contributed by atoms with E-state index in [-0.39, 0.29) is 12.3 Å². The molecule has 0 rings (SSSR count). The molecule has 0 heterocycles. The maximum absolute atomic E-state index is 5.95. The highest BCUT2D eigenvalue weighted by Gasteiger charge is 2.34. The average Bonchev–Trinajstić information content (AvgIpc) is 2.03. The molecule has 0 aromatic heterocycles. The standard InChI is InChI=1S/C6H6Cl6/c7-2-4(9)1-6(12,3-8)5(10)11/h2,5H,1,3H2/b4-2+. The fourth-order valence-electron chi connectivity index (χ4n) is 0.502. The maximum Gasteiger partial charge on any atom is 0.128 e.